The summed E-state index contributed by atoms with van der Waals surface area (Å²) in [6, 6.07) is 1.18. The second-order valence-electron chi connectivity index (χ2n) is 4.47. The highest BCUT2D eigenvalue weighted by Gasteiger charge is 2.22. The zero-order valence-electron chi connectivity index (χ0n) is 10.4. The molecule has 1 saturated carbocycles. The van der Waals surface area contributed by atoms with Crippen molar-refractivity contribution in [1.82, 2.24) is 10.2 Å². The van der Waals surface area contributed by atoms with Crippen LogP contribution in [0, 0.1) is 0 Å². The third-order valence-corrected chi connectivity index (χ3v) is 3.22. The van der Waals surface area contributed by atoms with Gasteiger partial charge in [0.1, 0.15) is 0 Å². The van der Waals surface area contributed by atoms with E-state index in [0.29, 0.717) is 12.1 Å². The fourth-order valence-corrected chi connectivity index (χ4v) is 1.93. The highest BCUT2D eigenvalue weighted by atomic mass is 16.6. The van der Waals surface area contributed by atoms with E-state index in [2.05, 4.69) is 27.1 Å². The Morgan fingerprint density at radius 2 is 2.18 bits per heavy atom. The van der Waals surface area contributed by atoms with Gasteiger partial charge in [0.05, 0.1) is 0 Å². The van der Waals surface area contributed by atoms with Crippen LogP contribution >= 0.6 is 0 Å². The Hall–Kier alpha value is -1.36. The van der Waals surface area contributed by atoms with E-state index in [4.69, 9.17) is 4.84 Å². The first-order valence-corrected chi connectivity index (χ1v) is 6.14. The average Bonchev–Trinajstić information content (AvgIpc) is 3.19. The number of amidine groups is 1. The molecule has 1 N–H and O–H groups in total. The molecular formula is C12H20N4O. The Morgan fingerprint density at radius 3 is 2.71 bits per heavy atom. The molecule has 0 atom stereocenters. The van der Waals surface area contributed by atoms with Gasteiger partial charge in [-0.3, -0.25) is 0 Å². The Balaban J connectivity index is 1.94. The van der Waals surface area contributed by atoms with Crippen LogP contribution in [0.5, 0.6) is 0 Å². The summed E-state index contributed by atoms with van der Waals surface area (Å²) in [5.41, 5.74) is 1.38. The number of oxime groups is 1. The van der Waals surface area contributed by atoms with Gasteiger partial charge in [-0.05, 0) is 32.7 Å². The van der Waals surface area contributed by atoms with Crippen molar-refractivity contribution >= 4 is 12.7 Å². The molecule has 0 amide bonds. The maximum atomic E-state index is 5.15. The zero-order chi connectivity index (χ0) is 12.1. The first-order chi connectivity index (χ1) is 8.33. The summed E-state index contributed by atoms with van der Waals surface area (Å²) in [6.45, 7) is 5.25. The smallest absolute Gasteiger partial charge is 0.322 e. The van der Waals surface area contributed by atoms with Gasteiger partial charge < -0.3 is 15.1 Å². The van der Waals surface area contributed by atoms with Crippen LogP contribution in [0.4, 0.5) is 0 Å². The fraction of sp³-hybridized carbons (Fsp3) is 0.667. The summed E-state index contributed by atoms with van der Waals surface area (Å²) in [7, 11) is 2.01. The molecule has 2 rings (SSSR count). The maximum Gasteiger partial charge on any atom is 0.322 e. The Morgan fingerprint density at radius 1 is 1.47 bits per heavy atom. The number of rotatable bonds is 3. The SMILES string of the molecule is C=NOC(=NC=C1CC1)N1CCC(NC)CC1. The molecule has 0 unspecified atom stereocenters. The van der Waals surface area contributed by atoms with Crippen LogP contribution in [0.3, 0.4) is 0 Å². The molecule has 2 aliphatic rings. The van der Waals surface area contributed by atoms with Crippen molar-refractivity contribution in [2.45, 2.75) is 31.7 Å². The van der Waals surface area contributed by atoms with E-state index in [1.54, 1.807) is 0 Å². The van der Waals surface area contributed by atoms with Crippen LogP contribution in [0.2, 0.25) is 0 Å². The van der Waals surface area contributed by atoms with Crippen LogP contribution in [0.15, 0.2) is 21.9 Å². The van der Waals surface area contributed by atoms with Gasteiger partial charge in [0.2, 0.25) is 0 Å². The van der Waals surface area contributed by atoms with E-state index < -0.39 is 0 Å². The number of allylic oxidation sites excluding steroid dienone is 1. The third-order valence-electron chi connectivity index (χ3n) is 3.22. The summed E-state index contributed by atoms with van der Waals surface area (Å²) in [6.07, 6.45) is 6.43. The van der Waals surface area contributed by atoms with Gasteiger partial charge in [0.15, 0.2) is 0 Å². The van der Waals surface area contributed by atoms with Gasteiger partial charge in [-0.15, -0.1) is 0 Å². The molecule has 0 aromatic heterocycles. The van der Waals surface area contributed by atoms with Crippen LogP contribution < -0.4 is 5.32 Å². The molecule has 0 bridgehead atoms. The molecule has 1 aliphatic carbocycles. The van der Waals surface area contributed by atoms with Crippen LogP contribution in [-0.2, 0) is 4.84 Å². The quantitative estimate of drug-likeness (QED) is 0.457. The average molecular weight is 236 g/mol. The zero-order valence-corrected chi connectivity index (χ0v) is 10.4. The standard InChI is InChI=1S/C12H20N4O/c1-13-11-5-7-16(8-6-11)12(17-14-2)15-9-10-3-4-10/h9,11,13H,2-8H2,1H3. The number of aliphatic imine (C=N–C) groups is 1. The second-order valence-corrected chi connectivity index (χ2v) is 4.47. The molecule has 94 valence electrons. The molecule has 1 heterocycles. The van der Waals surface area contributed by atoms with Crippen molar-refractivity contribution in [2.24, 2.45) is 10.1 Å². The Kier molecular flexibility index (Phi) is 4.14. The van der Waals surface area contributed by atoms with Crippen LogP contribution in [0.25, 0.3) is 0 Å². The van der Waals surface area contributed by atoms with E-state index in [1.807, 2.05) is 13.2 Å². The molecule has 0 spiro atoms. The van der Waals surface area contributed by atoms with E-state index in [0.717, 1.165) is 25.9 Å². The maximum absolute atomic E-state index is 5.15. The number of hydrogen-bond acceptors (Lipinski definition) is 4. The summed E-state index contributed by atoms with van der Waals surface area (Å²) in [5, 5.41) is 6.78. The van der Waals surface area contributed by atoms with Crippen molar-refractivity contribution in [1.29, 1.82) is 0 Å². The van der Waals surface area contributed by atoms with E-state index >= 15 is 0 Å². The Bertz CT molecular complexity index is 323. The molecule has 0 aromatic carbocycles. The van der Waals surface area contributed by atoms with Gasteiger partial charge in [0.25, 0.3) is 0 Å². The lowest BCUT2D eigenvalue weighted by Gasteiger charge is -2.31. The van der Waals surface area contributed by atoms with Gasteiger partial charge in [-0.25, -0.2) is 4.99 Å². The normalized spacial score (nSPS) is 21.4. The monoisotopic (exact) mass is 236 g/mol. The lowest BCUT2D eigenvalue weighted by atomic mass is 10.1. The lowest BCUT2D eigenvalue weighted by molar-refractivity contribution is 0.208. The highest BCUT2D eigenvalue weighted by Crippen LogP contribution is 2.27. The first-order valence-electron chi connectivity index (χ1n) is 6.14. The first kappa shape index (κ1) is 12.1. The van der Waals surface area contributed by atoms with Gasteiger partial charge in [0, 0.05) is 32.0 Å². The molecule has 17 heavy (non-hydrogen) atoms. The largest absolute Gasteiger partial charge is 0.324 e. The number of nitrogens with zero attached hydrogens (tertiary/aromatic N) is 3. The number of nitrogens with one attached hydrogen (secondary N) is 1. The van der Waals surface area contributed by atoms with Crippen LogP contribution in [-0.4, -0.2) is 43.8 Å². The van der Waals surface area contributed by atoms with Crippen LogP contribution in [0.1, 0.15) is 25.7 Å². The van der Waals surface area contributed by atoms with E-state index in [-0.39, 0.29) is 0 Å². The summed E-state index contributed by atoms with van der Waals surface area (Å²) in [5.74, 6) is 0. The van der Waals surface area contributed by atoms with Crippen molar-refractivity contribution in [2.75, 3.05) is 20.1 Å². The van der Waals surface area contributed by atoms with Crippen molar-refractivity contribution in [3.63, 3.8) is 0 Å². The van der Waals surface area contributed by atoms with Gasteiger partial charge in [-0.1, -0.05) is 10.7 Å². The van der Waals surface area contributed by atoms with Gasteiger partial charge in [-0.2, -0.15) is 0 Å². The minimum Gasteiger partial charge on any atom is -0.324 e. The van der Waals surface area contributed by atoms with Crippen molar-refractivity contribution < 1.29 is 4.84 Å². The fourth-order valence-electron chi connectivity index (χ4n) is 1.93. The lowest BCUT2D eigenvalue weighted by Crippen LogP contribution is -2.44. The van der Waals surface area contributed by atoms with Gasteiger partial charge >= 0.3 is 6.02 Å². The van der Waals surface area contributed by atoms with Crippen molar-refractivity contribution in [3.05, 3.63) is 11.8 Å². The third kappa shape index (κ3) is 3.56. The molecule has 5 nitrogen and oxygen atoms in total. The minimum absolute atomic E-state index is 0.578. The number of piperidine rings is 1. The molecular weight excluding hydrogens is 216 g/mol. The molecule has 1 saturated heterocycles. The highest BCUT2D eigenvalue weighted by molar-refractivity contribution is 5.74. The van der Waals surface area contributed by atoms with Crippen molar-refractivity contribution in [3.8, 4) is 0 Å². The second kappa shape index (κ2) is 5.82. The topological polar surface area (TPSA) is 49.2 Å². The number of likely N-dealkylation sites (tertiary alicyclic amines) is 1. The minimum atomic E-state index is 0.578. The van der Waals surface area contributed by atoms with E-state index in [9.17, 15) is 0 Å². The molecule has 1 aliphatic heterocycles. The summed E-state index contributed by atoms with van der Waals surface area (Å²) in [4.78, 5) is 11.6. The molecule has 2 fully saturated rings. The Labute approximate surface area is 102 Å². The number of hydrogen-bond donors (Lipinski definition) is 1. The molecule has 0 aromatic rings. The predicted molar refractivity (Wildman–Crippen MR) is 69.0 cm³/mol. The van der Waals surface area contributed by atoms with E-state index in [1.165, 1.54) is 18.4 Å². The predicted octanol–water partition coefficient (Wildman–Crippen LogP) is 1.34. The summed E-state index contributed by atoms with van der Waals surface area (Å²) >= 11 is 0. The molecule has 0 radical (unpaired) electrons. The molecule has 5 heteroatoms. The summed E-state index contributed by atoms with van der Waals surface area (Å²) < 4.78 is 0.